The molecule has 0 aliphatic carbocycles. The summed E-state index contributed by atoms with van der Waals surface area (Å²) in [7, 11) is -3.85. The maximum atomic E-state index is 12.0. The van der Waals surface area contributed by atoms with Crippen molar-refractivity contribution in [1.29, 1.82) is 0 Å². The van der Waals surface area contributed by atoms with E-state index in [2.05, 4.69) is 23.3 Å². The van der Waals surface area contributed by atoms with Gasteiger partial charge in [0.2, 0.25) is 0 Å². The normalized spacial score (nSPS) is 17.1. The van der Waals surface area contributed by atoms with Gasteiger partial charge in [-0.3, -0.25) is 4.18 Å². The molecule has 0 radical (unpaired) electrons. The Hall–Kier alpha value is -0.920. The van der Waals surface area contributed by atoms with Gasteiger partial charge >= 0.3 is 10.1 Å². The molecule has 94 valence electrons. The largest absolute Gasteiger partial charge is 0.338 e. The number of hydrogen-bond donors (Lipinski definition) is 3. The molecule has 0 spiro atoms. The van der Waals surface area contributed by atoms with Crippen molar-refractivity contribution in [3.8, 4) is 0 Å². The Kier molecular flexibility index (Phi) is 3.24. The third kappa shape index (κ3) is 2.22. The fraction of sp³-hybridized carbons (Fsp3) is 0.400. The van der Waals surface area contributed by atoms with Gasteiger partial charge in [0.15, 0.2) is 0 Å². The van der Waals surface area contributed by atoms with Gasteiger partial charge in [0.1, 0.15) is 0 Å². The van der Waals surface area contributed by atoms with Crippen LogP contribution in [0.25, 0.3) is 0 Å². The van der Waals surface area contributed by atoms with Gasteiger partial charge in [-0.15, -0.1) is 12.6 Å². The Bertz CT molecular complexity index is 491. The van der Waals surface area contributed by atoms with Crippen molar-refractivity contribution in [2.45, 2.75) is 17.7 Å². The summed E-state index contributed by atoms with van der Waals surface area (Å²) in [6.07, 6.45) is 0.621. The molecule has 0 bridgehead atoms. The fourth-order valence-electron chi connectivity index (χ4n) is 1.50. The average molecular weight is 274 g/mol. The van der Waals surface area contributed by atoms with E-state index in [0.29, 0.717) is 17.8 Å². The maximum absolute atomic E-state index is 12.0. The number of thiol groups is 1. The molecule has 5 nitrogen and oxygen atoms in total. The zero-order valence-corrected chi connectivity index (χ0v) is 11.0. The fourth-order valence-corrected chi connectivity index (χ4v) is 2.93. The van der Waals surface area contributed by atoms with Gasteiger partial charge in [-0.05, 0) is 18.6 Å². The van der Waals surface area contributed by atoms with Crippen LogP contribution in [0.1, 0.15) is 13.3 Å². The summed E-state index contributed by atoms with van der Waals surface area (Å²) in [4.78, 5) is 0. The summed E-state index contributed by atoms with van der Waals surface area (Å²) in [5, 5.41) is 5.60. The van der Waals surface area contributed by atoms with Crippen LogP contribution in [0.3, 0.4) is 0 Å². The molecule has 1 aliphatic rings. The van der Waals surface area contributed by atoms with Crippen molar-refractivity contribution in [2.24, 2.45) is 0 Å². The van der Waals surface area contributed by atoms with Crippen molar-refractivity contribution in [1.82, 2.24) is 0 Å². The molecule has 7 heteroatoms. The third-order valence-corrected chi connectivity index (χ3v) is 4.64. The lowest BCUT2D eigenvalue weighted by Gasteiger charge is -2.23. The molecule has 0 atom stereocenters. The van der Waals surface area contributed by atoms with E-state index in [1.165, 1.54) is 0 Å². The number of para-hydroxylation sites is 2. The van der Waals surface area contributed by atoms with Crippen LogP contribution in [-0.2, 0) is 14.3 Å². The Balaban J connectivity index is 2.25. The van der Waals surface area contributed by atoms with E-state index in [1.54, 1.807) is 12.1 Å². The summed E-state index contributed by atoms with van der Waals surface area (Å²) >= 11 is 4.14. The van der Waals surface area contributed by atoms with E-state index < -0.39 is 14.4 Å². The highest BCUT2D eigenvalue weighted by Crippen LogP contribution is 2.39. The van der Waals surface area contributed by atoms with Crippen LogP contribution in [0.5, 0.6) is 0 Å². The average Bonchev–Trinajstić information content (AvgIpc) is 2.64. The molecule has 17 heavy (non-hydrogen) atoms. The summed E-state index contributed by atoms with van der Waals surface area (Å²) in [6.45, 7) is 1.98. The highest BCUT2D eigenvalue weighted by atomic mass is 32.3. The predicted molar refractivity (Wildman–Crippen MR) is 70.6 cm³/mol. The molecular formula is C10H14N2O3S2. The predicted octanol–water partition coefficient (Wildman–Crippen LogP) is 1.82. The van der Waals surface area contributed by atoms with Gasteiger partial charge in [0.25, 0.3) is 4.33 Å². The molecule has 2 rings (SSSR count). The molecular weight excluding hydrogens is 260 g/mol. The monoisotopic (exact) mass is 274 g/mol. The highest BCUT2D eigenvalue weighted by molar-refractivity contribution is 8.04. The molecule has 1 aromatic carbocycles. The lowest BCUT2D eigenvalue weighted by atomic mass is 10.3. The first-order chi connectivity index (χ1) is 7.98. The van der Waals surface area contributed by atoms with E-state index in [9.17, 15) is 8.42 Å². The van der Waals surface area contributed by atoms with Crippen molar-refractivity contribution in [3.63, 3.8) is 0 Å². The standard InChI is InChI=1S/C10H14N2O3S2/c1-2-7-15-17(13,14)10(16)11-8-5-3-4-6-9(8)12-10/h3-6,11-12,16H,2,7H2,1H3. The van der Waals surface area contributed by atoms with Crippen LogP contribution in [-0.4, -0.2) is 19.4 Å². The number of benzene rings is 1. The van der Waals surface area contributed by atoms with Crippen LogP contribution in [0.2, 0.25) is 0 Å². The van der Waals surface area contributed by atoms with Crippen molar-refractivity contribution >= 4 is 34.1 Å². The molecule has 1 aromatic rings. The second kappa shape index (κ2) is 4.40. The second-order valence-corrected chi connectivity index (χ2v) is 6.45. The zero-order chi connectivity index (χ0) is 12.5. The van der Waals surface area contributed by atoms with E-state index in [0.717, 1.165) is 0 Å². The van der Waals surface area contributed by atoms with Crippen LogP contribution >= 0.6 is 12.6 Å². The number of rotatable bonds is 4. The molecule has 0 saturated heterocycles. The summed E-state index contributed by atoms with van der Waals surface area (Å²) in [6, 6.07) is 7.17. The molecule has 1 aliphatic heterocycles. The van der Waals surface area contributed by atoms with E-state index in [1.807, 2.05) is 19.1 Å². The number of hydrogen-bond acceptors (Lipinski definition) is 6. The minimum atomic E-state index is -3.85. The number of fused-ring (bicyclic) bond motifs is 1. The number of nitrogens with one attached hydrogen (secondary N) is 2. The minimum absolute atomic E-state index is 0.143. The first-order valence-corrected chi connectivity index (χ1v) is 7.11. The summed E-state index contributed by atoms with van der Waals surface area (Å²) in [5.74, 6) is 0. The molecule has 0 amide bonds. The first kappa shape index (κ1) is 12.5. The van der Waals surface area contributed by atoms with Gasteiger partial charge in [-0.1, -0.05) is 19.1 Å². The molecule has 0 unspecified atom stereocenters. The van der Waals surface area contributed by atoms with Crippen molar-refractivity contribution in [3.05, 3.63) is 24.3 Å². The van der Waals surface area contributed by atoms with Crippen LogP contribution in [0.15, 0.2) is 24.3 Å². The van der Waals surface area contributed by atoms with Gasteiger partial charge in [-0.25, -0.2) is 0 Å². The Morgan fingerprint density at radius 3 is 2.29 bits per heavy atom. The Morgan fingerprint density at radius 1 is 1.29 bits per heavy atom. The van der Waals surface area contributed by atoms with Gasteiger partial charge < -0.3 is 10.6 Å². The van der Waals surface area contributed by atoms with Gasteiger partial charge in [0.05, 0.1) is 18.0 Å². The Labute approximate surface area is 106 Å². The number of anilines is 2. The lowest BCUT2D eigenvalue weighted by molar-refractivity contribution is 0.313. The van der Waals surface area contributed by atoms with Crippen molar-refractivity contribution in [2.75, 3.05) is 17.2 Å². The maximum Gasteiger partial charge on any atom is 0.321 e. The van der Waals surface area contributed by atoms with Gasteiger partial charge in [-0.2, -0.15) is 8.42 Å². The van der Waals surface area contributed by atoms with Gasteiger partial charge in [0, 0.05) is 0 Å². The van der Waals surface area contributed by atoms with Crippen LogP contribution in [0, 0.1) is 0 Å². The molecule has 0 saturated carbocycles. The molecule has 0 aromatic heterocycles. The summed E-state index contributed by atoms with van der Waals surface area (Å²) in [5.41, 5.74) is 1.37. The van der Waals surface area contributed by atoms with E-state index in [-0.39, 0.29) is 6.61 Å². The van der Waals surface area contributed by atoms with Crippen LogP contribution < -0.4 is 10.6 Å². The second-order valence-electron chi connectivity index (χ2n) is 3.72. The molecule has 0 fully saturated rings. The van der Waals surface area contributed by atoms with E-state index >= 15 is 0 Å². The molecule has 1 heterocycles. The van der Waals surface area contributed by atoms with E-state index in [4.69, 9.17) is 4.18 Å². The minimum Gasteiger partial charge on any atom is -0.338 e. The third-order valence-electron chi connectivity index (χ3n) is 2.34. The quantitative estimate of drug-likeness (QED) is 0.577. The lowest BCUT2D eigenvalue weighted by Crippen LogP contribution is -2.45. The Morgan fingerprint density at radius 2 is 1.82 bits per heavy atom. The van der Waals surface area contributed by atoms with Crippen molar-refractivity contribution < 1.29 is 12.6 Å². The SMILES string of the molecule is CCCOS(=O)(=O)C1(S)Nc2ccccc2N1. The topological polar surface area (TPSA) is 67.4 Å². The summed E-state index contributed by atoms with van der Waals surface area (Å²) < 4.78 is 27.2. The highest BCUT2D eigenvalue weighted by Gasteiger charge is 2.46. The molecule has 2 N–H and O–H groups in total. The zero-order valence-electron chi connectivity index (χ0n) is 9.30. The van der Waals surface area contributed by atoms with Crippen LogP contribution in [0.4, 0.5) is 11.4 Å². The smallest absolute Gasteiger partial charge is 0.321 e. The first-order valence-electron chi connectivity index (χ1n) is 5.25.